The quantitative estimate of drug-likeness (QED) is 0.616. The molecule has 6 heteroatoms. The largest absolute Gasteiger partial charge is 0.453 e. The summed E-state index contributed by atoms with van der Waals surface area (Å²) in [4.78, 5) is 25.3. The van der Waals surface area contributed by atoms with Gasteiger partial charge >= 0.3 is 5.97 Å². The molecule has 0 saturated carbocycles. The Labute approximate surface area is 161 Å². The predicted molar refractivity (Wildman–Crippen MR) is 103 cm³/mol. The lowest BCUT2D eigenvalue weighted by Crippen LogP contribution is -2.33. The average Bonchev–Trinajstić information content (AvgIpc) is 3.25. The third kappa shape index (κ3) is 5.03. The number of benzene rings is 2. The monoisotopic (exact) mass is 381 g/mol. The molecule has 5 nitrogen and oxygen atoms in total. The van der Waals surface area contributed by atoms with Crippen molar-refractivity contribution in [3.05, 3.63) is 94.2 Å². The van der Waals surface area contributed by atoms with E-state index in [-0.39, 0.29) is 6.04 Å². The van der Waals surface area contributed by atoms with Crippen molar-refractivity contribution in [3.63, 3.8) is 0 Å². The molecule has 2 N–H and O–H groups in total. The van der Waals surface area contributed by atoms with Gasteiger partial charge in [0.15, 0.2) is 12.7 Å². The number of carbonyl (C=O) groups excluding carboxylic acids is 2. The van der Waals surface area contributed by atoms with Crippen LogP contribution in [0.25, 0.3) is 0 Å². The Kier molecular flexibility index (Phi) is 6.35. The number of ether oxygens (including phenoxy) is 1. The van der Waals surface area contributed by atoms with Gasteiger partial charge < -0.3 is 15.2 Å². The van der Waals surface area contributed by atoms with Gasteiger partial charge in [-0.1, -0.05) is 66.7 Å². The number of nitrogens with one attached hydrogen (secondary N) is 1. The second-order valence-corrected chi connectivity index (χ2v) is 6.83. The van der Waals surface area contributed by atoms with E-state index in [9.17, 15) is 14.7 Å². The van der Waals surface area contributed by atoms with Crippen molar-refractivity contribution >= 4 is 23.2 Å². The molecule has 1 heterocycles. The summed E-state index contributed by atoms with van der Waals surface area (Å²) >= 11 is 1.53. The summed E-state index contributed by atoms with van der Waals surface area (Å²) in [5, 5.41) is 14.8. The summed E-state index contributed by atoms with van der Waals surface area (Å²) in [6.07, 6.45) is -1.42. The van der Waals surface area contributed by atoms with Gasteiger partial charge in [-0.05, 0) is 22.6 Å². The molecule has 0 radical (unpaired) electrons. The fourth-order valence-electron chi connectivity index (χ4n) is 2.61. The van der Waals surface area contributed by atoms with E-state index in [0.29, 0.717) is 5.56 Å². The molecule has 0 aliphatic rings. The fraction of sp³-hybridized carbons (Fsp3) is 0.143. The van der Waals surface area contributed by atoms with Gasteiger partial charge in [0.25, 0.3) is 5.91 Å². The normalized spacial score (nSPS) is 12.8. The molecule has 0 unspecified atom stereocenters. The number of aliphatic hydroxyl groups excluding tert-OH is 1. The summed E-state index contributed by atoms with van der Waals surface area (Å²) in [5.41, 5.74) is 1.35. The van der Waals surface area contributed by atoms with Crippen LogP contribution in [0.1, 0.15) is 28.1 Å². The van der Waals surface area contributed by atoms with Crippen LogP contribution in [0.3, 0.4) is 0 Å². The lowest BCUT2D eigenvalue weighted by Gasteiger charge is -2.18. The standard InChI is InChI=1S/C21H19NO4S/c23-18(14-26-21(25)20(24)16-10-5-2-6-11-16)22-19(17-12-7-13-27-17)15-8-3-1-4-9-15/h1-13,19-20,24H,14H2,(H,22,23)/t19-,20-/m0/s1. The first-order valence-corrected chi connectivity index (χ1v) is 9.30. The van der Waals surface area contributed by atoms with Gasteiger partial charge in [-0.3, -0.25) is 4.79 Å². The number of hydrogen-bond acceptors (Lipinski definition) is 5. The average molecular weight is 381 g/mol. The molecular weight excluding hydrogens is 362 g/mol. The van der Waals surface area contributed by atoms with Crippen LogP contribution in [-0.4, -0.2) is 23.6 Å². The number of amides is 1. The van der Waals surface area contributed by atoms with Crippen molar-refractivity contribution in [1.82, 2.24) is 5.32 Å². The molecule has 3 rings (SSSR count). The van der Waals surface area contributed by atoms with Crippen LogP contribution in [0.15, 0.2) is 78.2 Å². The van der Waals surface area contributed by atoms with Crippen molar-refractivity contribution in [2.45, 2.75) is 12.1 Å². The summed E-state index contributed by atoms with van der Waals surface area (Å²) in [5.74, 6) is -1.30. The Balaban J connectivity index is 1.61. The smallest absolute Gasteiger partial charge is 0.340 e. The molecule has 1 amide bonds. The number of esters is 1. The van der Waals surface area contributed by atoms with Gasteiger partial charge in [-0.25, -0.2) is 4.79 Å². The Hall–Kier alpha value is -2.96. The van der Waals surface area contributed by atoms with Gasteiger partial charge in [-0.15, -0.1) is 11.3 Å². The lowest BCUT2D eigenvalue weighted by atomic mass is 10.1. The fourth-order valence-corrected chi connectivity index (χ4v) is 3.41. The molecule has 0 fully saturated rings. The third-order valence-electron chi connectivity index (χ3n) is 3.95. The zero-order chi connectivity index (χ0) is 19.1. The van der Waals surface area contributed by atoms with E-state index in [1.807, 2.05) is 47.8 Å². The molecule has 0 saturated heterocycles. The number of rotatable bonds is 7. The van der Waals surface area contributed by atoms with Crippen molar-refractivity contribution in [2.75, 3.05) is 6.61 Å². The number of thiophene rings is 1. The topological polar surface area (TPSA) is 75.6 Å². The zero-order valence-electron chi connectivity index (χ0n) is 14.4. The van der Waals surface area contributed by atoms with Crippen LogP contribution in [0.2, 0.25) is 0 Å². The van der Waals surface area contributed by atoms with E-state index >= 15 is 0 Å². The Bertz CT molecular complexity index is 866. The van der Waals surface area contributed by atoms with Gasteiger partial charge in [0.1, 0.15) is 0 Å². The van der Waals surface area contributed by atoms with Crippen LogP contribution in [0, 0.1) is 0 Å². The highest BCUT2D eigenvalue weighted by Gasteiger charge is 2.22. The molecule has 138 valence electrons. The van der Waals surface area contributed by atoms with Crippen LogP contribution in [0.4, 0.5) is 0 Å². The lowest BCUT2D eigenvalue weighted by molar-refractivity contribution is -0.157. The highest BCUT2D eigenvalue weighted by molar-refractivity contribution is 7.10. The number of aliphatic hydroxyl groups is 1. The maximum atomic E-state index is 12.3. The molecule has 0 spiro atoms. The second kappa shape index (κ2) is 9.12. The van der Waals surface area contributed by atoms with E-state index in [2.05, 4.69) is 5.32 Å². The van der Waals surface area contributed by atoms with E-state index in [4.69, 9.17) is 4.74 Å². The molecule has 2 aromatic carbocycles. The minimum atomic E-state index is -1.42. The minimum Gasteiger partial charge on any atom is -0.453 e. The van der Waals surface area contributed by atoms with E-state index in [1.165, 1.54) is 11.3 Å². The van der Waals surface area contributed by atoms with Crippen LogP contribution in [0.5, 0.6) is 0 Å². The van der Waals surface area contributed by atoms with Gasteiger partial charge in [0, 0.05) is 4.88 Å². The number of carbonyl (C=O) groups is 2. The minimum absolute atomic E-state index is 0.323. The molecule has 27 heavy (non-hydrogen) atoms. The predicted octanol–water partition coefficient (Wildman–Crippen LogP) is 3.23. The van der Waals surface area contributed by atoms with E-state index in [0.717, 1.165) is 10.4 Å². The third-order valence-corrected chi connectivity index (χ3v) is 4.89. The summed E-state index contributed by atoms with van der Waals surface area (Å²) in [6.45, 7) is -0.461. The summed E-state index contributed by atoms with van der Waals surface area (Å²) in [7, 11) is 0. The Morgan fingerprint density at radius 1 is 0.926 bits per heavy atom. The van der Waals surface area contributed by atoms with Gasteiger partial charge in [0.2, 0.25) is 0 Å². The molecule has 2 atom stereocenters. The summed E-state index contributed by atoms with van der Waals surface area (Å²) < 4.78 is 4.98. The Morgan fingerprint density at radius 3 is 2.15 bits per heavy atom. The molecule has 0 aliphatic heterocycles. The number of hydrogen-bond donors (Lipinski definition) is 2. The van der Waals surface area contributed by atoms with Crippen molar-refractivity contribution in [1.29, 1.82) is 0 Å². The van der Waals surface area contributed by atoms with Gasteiger partial charge in [-0.2, -0.15) is 0 Å². The highest BCUT2D eigenvalue weighted by Crippen LogP contribution is 2.25. The first kappa shape index (κ1) is 18.8. The first-order valence-electron chi connectivity index (χ1n) is 8.42. The molecule has 3 aromatic rings. The first-order chi connectivity index (χ1) is 13.1. The Morgan fingerprint density at radius 2 is 1.56 bits per heavy atom. The van der Waals surface area contributed by atoms with E-state index < -0.39 is 24.6 Å². The van der Waals surface area contributed by atoms with Crippen LogP contribution in [-0.2, 0) is 14.3 Å². The van der Waals surface area contributed by atoms with Crippen molar-refractivity contribution < 1.29 is 19.4 Å². The maximum absolute atomic E-state index is 12.3. The van der Waals surface area contributed by atoms with Crippen molar-refractivity contribution in [3.8, 4) is 0 Å². The second-order valence-electron chi connectivity index (χ2n) is 5.85. The maximum Gasteiger partial charge on any atom is 0.340 e. The van der Waals surface area contributed by atoms with Crippen molar-refractivity contribution in [2.24, 2.45) is 0 Å². The SMILES string of the molecule is O=C(COC(=O)[C@@H](O)c1ccccc1)N[C@@H](c1ccccc1)c1cccs1. The van der Waals surface area contributed by atoms with E-state index in [1.54, 1.807) is 30.3 Å². The zero-order valence-corrected chi connectivity index (χ0v) is 15.3. The molecule has 0 aliphatic carbocycles. The highest BCUT2D eigenvalue weighted by atomic mass is 32.1. The van der Waals surface area contributed by atoms with Crippen LogP contribution >= 0.6 is 11.3 Å². The van der Waals surface area contributed by atoms with Crippen LogP contribution < -0.4 is 5.32 Å². The molecular formula is C21H19NO4S. The summed E-state index contributed by atoms with van der Waals surface area (Å²) in [6, 6.07) is 21.5. The molecule has 0 bridgehead atoms. The van der Waals surface area contributed by atoms with Gasteiger partial charge in [0.05, 0.1) is 6.04 Å². The molecule has 1 aromatic heterocycles.